The third kappa shape index (κ3) is 2.89. The highest BCUT2D eigenvalue weighted by Gasteiger charge is 2.13. The van der Waals surface area contributed by atoms with Crippen molar-refractivity contribution >= 4 is 33.2 Å². The van der Waals surface area contributed by atoms with Crippen molar-refractivity contribution in [1.29, 1.82) is 0 Å². The molecule has 0 radical (unpaired) electrons. The molecule has 88 valence electrons. The van der Waals surface area contributed by atoms with Crippen molar-refractivity contribution < 1.29 is 14.3 Å². The second-order valence-corrected chi connectivity index (χ2v) is 5.15. The molecule has 1 N–H and O–H groups in total. The summed E-state index contributed by atoms with van der Waals surface area (Å²) < 4.78 is 13.3. The second kappa shape index (κ2) is 4.93. The van der Waals surface area contributed by atoms with E-state index in [1.807, 2.05) is 0 Å². The third-order valence-electron chi connectivity index (χ3n) is 2.05. The van der Waals surface area contributed by atoms with Crippen LogP contribution in [0.3, 0.4) is 0 Å². The van der Waals surface area contributed by atoms with E-state index in [0.717, 1.165) is 5.56 Å². The van der Waals surface area contributed by atoms with Crippen LogP contribution in [-0.2, 0) is 11.2 Å². The molecule has 2 aromatic rings. The van der Waals surface area contributed by atoms with Gasteiger partial charge in [0.2, 0.25) is 0 Å². The van der Waals surface area contributed by atoms with Crippen molar-refractivity contribution in [3.63, 3.8) is 0 Å². The summed E-state index contributed by atoms with van der Waals surface area (Å²) in [5.74, 6) is -1.21. The molecule has 0 aliphatic rings. The molecule has 1 heterocycles. The van der Waals surface area contributed by atoms with Gasteiger partial charge < -0.3 is 5.11 Å². The van der Waals surface area contributed by atoms with Gasteiger partial charge in [0.05, 0.1) is 11.3 Å². The van der Waals surface area contributed by atoms with Crippen molar-refractivity contribution in [2.45, 2.75) is 6.42 Å². The lowest BCUT2D eigenvalue weighted by Gasteiger charge is -1.94. The Morgan fingerprint density at radius 2 is 2.06 bits per heavy atom. The van der Waals surface area contributed by atoms with E-state index in [1.165, 1.54) is 23.5 Å². The number of carboxylic acids is 1. The van der Waals surface area contributed by atoms with Crippen LogP contribution in [0.1, 0.15) is 4.88 Å². The number of carboxylic acid groups (broad SMARTS) is 1. The maximum atomic E-state index is 12.8. The Balaban J connectivity index is 2.34. The summed E-state index contributed by atoms with van der Waals surface area (Å²) in [7, 11) is 0. The lowest BCUT2D eigenvalue weighted by atomic mass is 10.2. The van der Waals surface area contributed by atoms with E-state index in [1.54, 1.807) is 12.1 Å². The highest BCUT2D eigenvalue weighted by molar-refractivity contribution is 9.10. The number of aromatic nitrogens is 1. The molecular weight excluding hydrogens is 309 g/mol. The molecule has 0 aliphatic heterocycles. The van der Waals surface area contributed by atoms with E-state index < -0.39 is 5.97 Å². The van der Waals surface area contributed by atoms with E-state index >= 15 is 0 Å². The lowest BCUT2D eigenvalue weighted by molar-refractivity contribution is -0.136. The van der Waals surface area contributed by atoms with Gasteiger partial charge in [-0.25, -0.2) is 9.37 Å². The van der Waals surface area contributed by atoms with E-state index in [-0.39, 0.29) is 12.2 Å². The fourth-order valence-corrected chi connectivity index (χ4v) is 2.92. The molecule has 0 bridgehead atoms. The Morgan fingerprint density at radius 3 is 2.65 bits per heavy atom. The Kier molecular flexibility index (Phi) is 3.54. The number of rotatable bonds is 3. The molecule has 0 unspecified atom stereocenters. The summed E-state index contributed by atoms with van der Waals surface area (Å²) in [5, 5.41) is 9.39. The van der Waals surface area contributed by atoms with Gasteiger partial charge in [0, 0.05) is 5.56 Å². The first-order valence-electron chi connectivity index (χ1n) is 4.69. The van der Waals surface area contributed by atoms with Crippen molar-refractivity contribution in [3.05, 3.63) is 39.6 Å². The largest absolute Gasteiger partial charge is 0.481 e. The first-order valence-corrected chi connectivity index (χ1v) is 6.30. The maximum absolute atomic E-state index is 12.8. The Labute approximate surface area is 109 Å². The van der Waals surface area contributed by atoms with Crippen LogP contribution in [-0.4, -0.2) is 16.1 Å². The fourth-order valence-electron chi connectivity index (χ4n) is 1.30. The predicted octanol–water partition coefficient (Wildman–Crippen LogP) is 3.34. The summed E-state index contributed by atoms with van der Waals surface area (Å²) in [6.07, 6.45) is -0.0700. The lowest BCUT2D eigenvalue weighted by Crippen LogP contribution is -1.98. The van der Waals surface area contributed by atoms with Gasteiger partial charge in [-0.1, -0.05) is 0 Å². The van der Waals surface area contributed by atoms with Crippen LogP contribution in [0, 0.1) is 5.82 Å². The topological polar surface area (TPSA) is 50.2 Å². The second-order valence-electron chi connectivity index (χ2n) is 3.31. The average Bonchev–Trinajstić information content (AvgIpc) is 2.60. The highest BCUT2D eigenvalue weighted by atomic mass is 79.9. The number of hydrogen-bond donors (Lipinski definition) is 1. The summed E-state index contributed by atoms with van der Waals surface area (Å²) in [6.45, 7) is 0. The first-order chi connectivity index (χ1) is 8.06. The number of benzene rings is 1. The standard InChI is InChI=1S/C11H7BrFNO2S/c12-10-8(5-9(15)16)17-11(14-10)6-1-3-7(13)4-2-6/h1-4H,5H2,(H,15,16). The molecule has 0 atom stereocenters. The van der Waals surface area contributed by atoms with Crippen molar-refractivity contribution in [3.8, 4) is 10.6 Å². The smallest absolute Gasteiger partial charge is 0.308 e. The van der Waals surface area contributed by atoms with Gasteiger partial charge in [0.25, 0.3) is 0 Å². The normalized spacial score (nSPS) is 10.5. The number of thiazole rings is 1. The van der Waals surface area contributed by atoms with Crippen LogP contribution >= 0.6 is 27.3 Å². The minimum absolute atomic E-state index is 0.0700. The predicted molar refractivity (Wildman–Crippen MR) is 66.5 cm³/mol. The van der Waals surface area contributed by atoms with Gasteiger partial charge in [0.15, 0.2) is 0 Å². The Morgan fingerprint density at radius 1 is 1.41 bits per heavy atom. The van der Waals surface area contributed by atoms with Gasteiger partial charge in [-0.3, -0.25) is 4.79 Å². The summed E-state index contributed by atoms with van der Waals surface area (Å²) in [4.78, 5) is 15.5. The van der Waals surface area contributed by atoms with Gasteiger partial charge in [-0.05, 0) is 40.2 Å². The highest BCUT2D eigenvalue weighted by Crippen LogP contribution is 2.31. The molecule has 6 heteroatoms. The Hall–Kier alpha value is -1.27. The van der Waals surface area contributed by atoms with Gasteiger partial charge in [-0.15, -0.1) is 11.3 Å². The number of halogens is 2. The zero-order chi connectivity index (χ0) is 12.4. The average molecular weight is 316 g/mol. The van der Waals surface area contributed by atoms with Crippen molar-refractivity contribution in [1.82, 2.24) is 4.98 Å². The zero-order valence-electron chi connectivity index (χ0n) is 8.48. The summed E-state index contributed by atoms with van der Waals surface area (Å²) in [6, 6.07) is 5.93. The summed E-state index contributed by atoms with van der Waals surface area (Å²) in [5.41, 5.74) is 0.772. The number of hydrogen-bond acceptors (Lipinski definition) is 3. The van der Waals surface area contributed by atoms with E-state index in [9.17, 15) is 9.18 Å². The SMILES string of the molecule is O=C(O)Cc1sc(-c2ccc(F)cc2)nc1Br. The molecule has 1 aromatic carbocycles. The number of carbonyl (C=O) groups is 1. The van der Waals surface area contributed by atoms with Gasteiger partial charge in [0.1, 0.15) is 15.4 Å². The summed E-state index contributed by atoms with van der Waals surface area (Å²) >= 11 is 4.50. The number of aliphatic carboxylic acids is 1. The van der Waals surface area contributed by atoms with Crippen molar-refractivity contribution in [2.75, 3.05) is 0 Å². The van der Waals surface area contributed by atoms with Gasteiger partial charge in [-0.2, -0.15) is 0 Å². The maximum Gasteiger partial charge on any atom is 0.308 e. The molecule has 17 heavy (non-hydrogen) atoms. The van der Waals surface area contributed by atoms with E-state index in [2.05, 4.69) is 20.9 Å². The van der Waals surface area contributed by atoms with E-state index in [4.69, 9.17) is 5.11 Å². The van der Waals surface area contributed by atoms with E-state index in [0.29, 0.717) is 14.5 Å². The first kappa shape index (κ1) is 12.2. The quantitative estimate of drug-likeness (QED) is 0.945. The molecule has 2 rings (SSSR count). The van der Waals surface area contributed by atoms with Crippen LogP contribution in [0.15, 0.2) is 28.9 Å². The van der Waals surface area contributed by atoms with Crippen LogP contribution in [0.5, 0.6) is 0 Å². The molecule has 1 aromatic heterocycles. The number of nitrogens with zero attached hydrogens (tertiary/aromatic N) is 1. The monoisotopic (exact) mass is 315 g/mol. The minimum atomic E-state index is -0.903. The molecule has 0 fully saturated rings. The third-order valence-corrected chi connectivity index (χ3v) is 4.08. The zero-order valence-corrected chi connectivity index (χ0v) is 10.9. The molecular formula is C11H7BrFNO2S. The fraction of sp³-hybridized carbons (Fsp3) is 0.0909. The van der Waals surface area contributed by atoms with Crippen LogP contribution < -0.4 is 0 Å². The molecule has 0 aliphatic carbocycles. The Bertz CT molecular complexity index is 553. The van der Waals surface area contributed by atoms with Crippen LogP contribution in [0.2, 0.25) is 0 Å². The van der Waals surface area contributed by atoms with Crippen molar-refractivity contribution in [2.24, 2.45) is 0 Å². The minimum Gasteiger partial charge on any atom is -0.481 e. The van der Waals surface area contributed by atoms with Crippen LogP contribution in [0.4, 0.5) is 4.39 Å². The molecule has 0 amide bonds. The molecule has 0 saturated heterocycles. The van der Waals surface area contributed by atoms with Crippen LogP contribution in [0.25, 0.3) is 10.6 Å². The molecule has 0 spiro atoms. The molecule has 3 nitrogen and oxygen atoms in total. The van der Waals surface area contributed by atoms with Gasteiger partial charge >= 0.3 is 5.97 Å². The molecule has 0 saturated carbocycles.